The first-order valence-corrected chi connectivity index (χ1v) is 7.51. The Hall–Kier alpha value is -2.84. The lowest BCUT2D eigenvalue weighted by Gasteiger charge is -2.08. The maximum Gasteiger partial charge on any atom is 0.416 e. The number of rotatable bonds is 4. The van der Waals surface area contributed by atoms with Gasteiger partial charge >= 0.3 is 24.3 Å². The van der Waals surface area contributed by atoms with Crippen molar-refractivity contribution in [1.82, 2.24) is 0 Å². The molecule has 0 amide bonds. The van der Waals surface area contributed by atoms with E-state index < -0.39 is 48.3 Å². The average Bonchev–Trinajstić information content (AvgIpc) is 2.53. The van der Waals surface area contributed by atoms with Gasteiger partial charge in [0.15, 0.2) is 0 Å². The summed E-state index contributed by atoms with van der Waals surface area (Å²) in [6.07, 6.45) is -9.85. The summed E-state index contributed by atoms with van der Waals surface area (Å²) >= 11 is 0. The van der Waals surface area contributed by atoms with Crippen LogP contribution >= 0.6 is 0 Å². The number of hydrogen-bond acceptors (Lipinski definition) is 3. The first kappa shape index (κ1) is 20.5. The third kappa shape index (κ3) is 6.12. The molecule has 9 heteroatoms. The molecule has 2 rings (SSSR count). The lowest BCUT2D eigenvalue weighted by atomic mass is 10.1. The minimum atomic E-state index is -4.50. The molecule has 0 aliphatic rings. The van der Waals surface area contributed by atoms with Crippen molar-refractivity contribution in [3.63, 3.8) is 0 Å². The van der Waals surface area contributed by atoms with E-state index in [1.54, 1.807) is 0 Å². The van der Waals surface area contributed by atoms with Gasteiger partial charge in [0, 0.05) is 0 Å². The van der Waals surface area contributed by atoms with Crippen LogP contribution < -0.4 is 0 Å². The maximum absolute atomic E-state index is 12.5. The number of benzene rings is 2. The van der Waals surface area contributed by atoms with E-state index in [-0.39, 0.29) is 11.1 Å². The Morgan fingerprint density at radius 3 is 1.19 bits per heavy atom. The van der Waals surface area contributed by atoms with Gasteiger partial charge in [-0.15, -0.1) is 0 Å². The van der Waals surface area contributed by atoms with Gasteiger partial charge in [0.05, 0.1) is 24.0 Å². The summed E-state index contributed by atoms with van der Waals surface area (Å²) in [5.74, 6) is -1.96. The second-order valence-corrected chi connectivity index (χ2v) is 5.59. The highest BCUT2D eigenvalue weighted by molar-refractivity contribution is 5.87. The van der Waals surface area contributed by atoms with E-state index in [9.17, 15) is 35.9 Å². The van der Waals surface area contributed by atoms with Crippen molar-refractivity contribution in [3.05, 3.63) is 70.8 Å². The van der Waals surface area contributed by atoms with Gasteiger partial charge in [-0.05, 0) is 35.4 Å². The summed E-state index contributed by atoms with van der Waals surface area (Å²) in [6, 6.07) is 7.54. The highest BCUT2D eigenvalue weighted by Gasteiger charge is 2.30. The molecule has 0 radical (unpaired) electrons. The van der Waals surface area contributed by atoms with E-state index in [1.807, 2.05) is 0 Å². The monoisotopic (exact) mass is 390 g/mol. The molecule has 0 saturated heterocycles. The fourth-order valence-electron chi connectivity index (χ4n) is 2.16. The molecule has 0 saturated carbocycles. The molecule has 2 aromatic carbocycles. The fourth-order valence-corrected chi connectivity index (χ4v) is 2.16. The van der Waals surface area contributed by atoms with E-state index in [1.165, 1.54) is 0 Å². The van der Waals surface area contributed by atoms with Crippen molar-refractivity contribution in [3.8, 4) is 0 Å². The molecule has 3 nitrogen and oxygen atoms in total. The largest absolute Gasteiger partial charge is 0.416 e. The van der Waals surface area contributed by atoms with Crippen LogP contribution in [0, 0.1) is 0 Å². The molecule has 0 fully saturated rings. The summed E-state index contributed by atoms with van der Waals surface area (Å²) in [4.78, 5) is 23.3. The van der Waals surface area contributed by atoms with Crippen LogP contribution in [0.2, 0.25) is 0 Å². The minimum Gasteiger partial charge on any atom is -0.393 e. The Morgan fingerprint density at radius 1 is 0.630 bits per heavy atom. The van der Waals surface area contributed by atoms with Gasteiger partial charge in [0.2, 0.25) is 0 Å². The predicted octanol–water partition coefficient (Wildman–Crippen LogP) is 4.58. The second-order valence-electron chi connectivity index (χ2n) is 5.59. The lowest BCUT2D eigenvalue weighted by molar-refractivity contribution is -0.158. The highest BCUT2D eigenvalue weighted by atomic mass is 19.4. The van der Waals surface area contributed by atoms with Crippen LogP contribution in [0.3, 0.4) is 0 Å². The summed E-state index contributed by atoms with van der Waals surface area (Å²) in [7, 11) is 0. The lowest BCUT2D eigenvalue weighted by Crippen LogP contribution is -2.16. The smallest absolute Gasteiger partial charge is 0.393 e. The normalized spacial score (nSPS) is 11.9. The third-order valence-electron chi connectivity index (χ3n) is 3.49. The van der Waals surface area contributed by atoms with E-state index >= 15 is 0 Å². The van der Waals surface area contributed by atoms with Crippen molar-refractivity contribution >= 4 is 11.9 Å². The Balaban J connectivity index is 1.89. The summed E-state index contributed by atoms with van der Waals surface area (Å²) < 4.78 is 79.2. The van der Waals surface area contributed by atoms with Crippen molar-refractivity contribution in [1.29, 1.82) is 0 Å². The van der Waals surface area contributed by atoms with Crippen molar-refractivity contribution in [2.24, 2.45) is 0 Å². The number of halogens is 6. The molecular weight excluding hydrogens is 378 g/mol. The Bertz CT molecular complexity index is 735. The van der Waals surface area contributed by atoms with Crippen molar-refractivity contribution in [2.75, 3.05) is 0 Å². The van der Waals surface area contributed by atoms with Crippen molar-refractivity contribution in [2.45, 2.75) is 25.2 Å². The Morgan fingerprint density at radius 2 is 0.926 bits per heavy atom. The topological polar surface area (TPSA) is 43.4 Å². The second kappa shape index (κ2) is 7.81. The van der Waals surface area contributed by atoms with E-state index in [0.29, 0.717) is 0 Å². The molecule has 0 heterocycles. The molecule has 144 valence electrons. The molecule has 0 N–H and O–H groups in total. The third-order valence-corrected chi connectivity index (χ3v) is 3.49. The number of alkyl halides is 6. The molecular formula is C18H12F6O3. The zero-order chi connectivity index (χ0) is 20.2. The Kier molecular flexibility index (Phi) is 5.92. The first-order valence-electron chi connectivity index (χ1n) is 7.51. The van der Waals surface area contributed by atoms with Crippen LogP contribution in [0.5, 0.6) is 0 Å². The SMILES string of the molecule is O=C(Cc1ccc(C(F)(F)F)cc1)OC(=O)Cc1ccc(C(F)(F)F)cc1. The molecule has 0 atom stereocenters. The van der Waals surface area contributed by atoms with Crippen molar-refractivity contribution < 1.29 is 40.7 Å². The van der Waals surface area contributed by atoms with Gasteiger partial charge in [-0.1, -0.05) is 24.3 Å². The Labute approximate surface area is 149 Å². The number of ether oxygens (including phenoxy) is 1. The van der Waals surface area contributed by atoms with Crippen LogP contribution in [0.1, 0.15) is 22.3 Å². The standard InChI is InChI=1S/C18H12F6O3/c19-17(20,21)13-5-1-11(2-6-13)9-15(25)27-16(26)10-12-3-7-14(8-4-12)18(22,23)24/h1-8H,9-10H2. The molecule has 0 spiro atoms. The van der Waals surface area contributed by atoms with Crippen LogP contribution in [0.25, 0.3) is 0 Å². The van der Waals surface area contributed by atoms with Crippen LogP contribution in [-0.2, 0) is 39.5 Å². The van der Waals surface area contributed by atoms with Gasteiger partial charge in [-0.2, -0.15) is 26.3 Å². The van der Waals surface area contributed by atoms with Crippen LogP contribution in [-0.4, -0.2) is 11.9 Å². The molecule has 0 aromatic heterocycles. The zero-order valence-corrected chi connectivity index (χ0v) is 13.5. The van der Waals surface area contributed by atoms with Crippen LogP contribution in [0.15, 0.2) is 48.5 Å². The predicted molar refractivity (Wildman–Crippen MR) is 81.4 cm³/mol. The highest BCUT2D eigenvalue weighted by Crippen LogP contribution is 2.30. The number of carbonyl (C=O) groups is 2. The summed E-state index contributed by atoms with van der Waals surface area (Å²) in [5, 5.41) is 0. The molecule has 2 aromatic rings. The zero-order valence-electron chi connectivity index (χ0n) is 13.5. The van der Waals surface area contributed by atoms with Gasteiger partial charge < -0.3 is 4.74 Å². The summed E-state index contributed by atoms with van der Waals surface area (Å²) in [5.41, 5.74) is -1.32. The van der Waals surface area contributed by atoms with Gasteiger partial charge in [-0.25, -0.2) is 0 Å². The van der Waals surface area contributed by atoms with Gasteiger partial charge in [-0.3, -0.25) is 9.59 Å². The van der Waals surface area contributed by atoms with E-state index in [4.69, 9.17) is 0 Å². The average molecular weight is 390 g/mol. The van der Waals surface area contributed by atoms with Gasteiger partial charge in [0.25, 0.3) is 0 Å². The van der Waals surface area contributed by atoms with Crippen LogP contribution in [0.4, 0.5) is 26.3 Å². The molecule has 0 aliphatic heterocycles. The molecule has 27 heavy (non-hydrogen) atoms. The quantitative estimate of drug-likeness (QED) is 0.436. The minimum absolute atomic E-state index is 0.218. The number of hydrogen-bond donors (Lipinski definition) is 0. The molecule has 0 unspecified atom stereocenters. The summed E-state index contributed by atoms with van der Waals surface area (Å²) in [6.45, 7) is 0. The molecule has 0 aliphatic carbocycles. The van der Waals surface area contributed by atoms with Gasteiger partial charge in [0.1, 0.15) is 0 Å². The van der Waals surface area contributed by atoms with E-state index in [0.717, 1.165) is 48.5 Å². The molecule has 0 bridgehead atoms. The number of carbonyl (C=O) groups excluding carboxylic acids is 2. The number of esters is 2. The first-order chi connectivity index (χ1) is 12.4. The van der Waals surface area contributed by atoms with E-state index in [2.05, 4.69) is 4.74 Å². The fraction of sp³-hybridized carbons (Fsp3) is 0.222. The maximum atomic E-state index is 12.5.